The average molecular weight is 515 g/mol. The van der Waals surface area contributed by atoms with Gasteiger partial charge in [0, 0.05) is 29.9 Å². The summed E-state index contributed by atoms with van der Waals surface area (Å²) in [5.74, 6) is -2.13. The van der Waals surface area contributed by atoms with Crippen molar-refractivity contribution < 1.29 is 25.1 Å². The van der Waals surface area contributed by atoms with Gasteiger partial charge in [-0.25, -0.2) is 9.79 Å². The van der Waals surface area contributed by atoms with Crippen LogP contribution >= 0.6 is 7.72 Å². The molecule has 2 aromatic carbocycles. The highest BCUT2D eigenvalue weighted by Gasteiger charge is 2.48. The molecule has 0 saturated carbocycles. The molecule has 0 aliphatic heterocycles. The Hall–Kier alpha value is -2.77. The Morgan fingerprint density at radius 1 is 1.08 bits per heavy atom. The first kappa shape index (κ1) is 27.8. The van der Waals surface area contributed by atoms with Gasteiger partial charge in [-0.15, -0.1) is 0 Å². The van der Waals surface area contributed by atoms with Gasteiger partial charge >= 0.3 is 7.72 Å². The van der Waals surface area contributed by atoms with E-state index in [2.05, 4.69) is 16.0 Å². The topological polar surface area (TPSA) is 156 Å². The summed E-state index contributed by atoms with van der Waals surface area (Å²) in [5, 5.41) is 3.76. The van der Waals surface area contributed by atoms with Gasteiger partial charge in [0.15, 0.2) is 0 Å². The van der Waals surface area contributed by atoms with Gasteiger partial charge in [-0.05, 0) is 36.0 Å². The van der Waals surface area contributed by atoms with Crippen molar-refractivity contribution in [3.63, 3.8) is 0 Å². The third kappa shape index (κ3) is 7.61. The van der Waals surface area contributed by atoms with Gasteiger partial charge in [0.25, 0.3) is 0 Å². The van der Waals surface area contributed by atoms with Crippen LogP contribution in [-0.4, -0.2) is 44.6 Å². The van der Waals surface area contributed by atoms with E-state index in [4.69, 9.17) is 5.73 Å². The van der Waals surface area contributed by atoms with Crippen molar-refractivity contribution in [1.29, 1.82) is 0 Å². The van der Waals surface area contributed by atoms with Gasteiger partial charge < -0.3 is 21.8 Å². The largest absolute Gasteiger partial charge is 0.368 e. The Labute approximate surface area is 213 Å². The Morgan fingerprint density at radius 3 is 2.42 bits per heavy atom. The zero-order valence-corrected chi connectivity index (χ0v) is 22.0. The first-order valence-corrected chi connectivity index (χ1v) is 14.4. The number of amides is 2. The van der Waals surface area contributed by atoms with Crippen molar-refractivity contribution in [2.24, 2.45) is 17.6 Å². The molecule has 0 unspecified atom stereocenters. The van der Waals surface area contributed by atoms with Crippen LogP contribution in [0.5, 0.6) is 0 Å². The number of aromatic nitrogens is 1. The molecule has 0 aliphatic rings. The molecule has 0 saturated heterocycles. The molecule has 0 spiro atoms. The molecular formula is C27H39N4O4P+2. The van der Waals surface area contributed by atoms with E-state index in [1.165, 1.54) is 0 Å². The molecule has 1 aromatic heterocycles. The normalized spacial score (nSPS) is 14.5. The number of fused-ring (bicyclic) bond motifs is 1. The smallest absolute Gasteiger partial charge is 0.327 e. The van der Waals surface area contributed by atoms with E-state index >= 15 is 0 Å². The summed E-state index contributed by atoms with van der Waals surface area (Å²) < 4.78 is 0. The molecule has 0 radical (unpaired) electrons. The molecule has 3 aromatic rings. The lowest BCUT2D eigenvalue weighted by Gasteiger charge is -2.25. The number of H-pyrrole nitrogens is 1. The number of hydrogen-bond acceptors (Lipinski definition) is 4. The standard InChI is InChI=1S/C27H37N4O4P/c1-18(2)14-21(17-36(34,35)25(28)13-12-19-8-4-3-5-9-19)27(33)31-24(26(29)32)15-20-16-30-23-11-7-6-10-22(20)23/h3-11,16,18,21,24-25,30,34-35H,12-15,17,28H2,1-2H3,(H2-,29,31,32,33)/p+2/t21-,24+,25-/m1/s1. The van der Waals surface area contributed by atoms with Crippen molar-refractivity contribution in [2.75, 3.05) is 6.16 Å². The first-order chi connectivity index (χ1) is 17.1. The molecule has 1 heterocycles. The van der Waals surface area contributed by atoms with Crippen LogP contribution in [0.25, 0.3) is 10.9 Å². The molecular weight excluding hydrogens is 475 g/mol. The maximum Gasteiger partial charge on any atom is 0.327 e. The van der Waals surface area contributed by atoms with Gasteiger partial charge in [-0.2, -0.15) is 0 Å². The Morgan fingerprint density at radius 2 is 1.75 bits per heavy atom. The Bertz CT molecular complexity index is 1150. The van der Waals surface area contributed by atoms with Crippen molar-refractivity contribution in [3.8, 4) is 0 Å². The fourth-order valence-electron chi connectivity index (χ4n) is 4.52. The van der Waals surface area contributed by atoms with Gasteiger partial charge in [-0.3, -0.25) is 9.59 Å². The zero-order chi connectivity index (χ0) is 26.3. The molecule has 3 atom stereocenters. The second-order valence-corrected chi connectivity index (χ2v) is 12.7. The van der Waals surface area contributed by atoms with Crippen LogP contribution in [0.15, 0.2) is 60.8 Å². The number of nitrogens with one attached hydrogen (secondary N) is 2. The predicted octanol–water partition coefficient (Wildman–Crippen LogP) is 2.38. The second-order valence-electron chi connectivity index (χ2n) is 10.0. The number of carbonyl (C=O) groups excluding carboxylic acids is 2. The van der Waals surface area contributed by atoms with Gasteiger partial charge in [0.05, 0.1) is 5.92 Å². The number of primary amides is 1. The maximum atomic E-state index is 13.3. The summed E-state index contributed by atoms with van der Waals surface area (Å²) in [4.78, 5) is 50.7. The van der Waals surface area contributed by atoms with Crippen LogP contribution in [0.3, 0.4) is 0 Å². The van der Waals surface area contributed by atoms with Crippen LogP contribution in [0.2, 0.25) is 0 Å². The highest BCUT2D eigenvalue weighted by Crippen LogP contribution is 2.55. The molecule has 8 nitrogen and oxygen atoms in total. The Kier molecular flexibility index (Phi) is 9.63. The number of rotatable bonds is 13. The summed E-state index contributed by atoms with van der Waals surface area (Å²) in [7, 11) is -3.49. The number of aryl methyl sites for hydroxylation is 1. The number of benzene rings is 2. The van der Waals surface area contributed by atoms with E-state index in [0.717, 1.165) is 22.0 Å². The monoisotopic (exact) mass is 514 g/mol. The number of quaternary nitrogens is 1. The van der Waals surface area contributed by atoms with Crippen LogP contribution in [0.4, 0.5) is 0 Å². The minimum atomic E-state index is -3.49. The maximum absolute atomic E-state index is 13.3. The van der Waals surface area contributed by atoms with E-state index in [1.54, 1.807) is 0 Å². The third-order valence-corrected chi connectivity index (χ3v) is 8.97. The van der Waals surface area contributed by atoms with Gasteiger partial charge in [0.2, 0.25) is 17.6 Å². The van der Waals surface area contributed by atoms with Crippen molar-refractivity contribution in [3.05, 3.63) is 71.9 Å². The molecule has 0 fully saturated rings. The summed E-state index contributed by atoms with van der Waals surface area (Å²) in [5.41, 5.74) is 12.6. The van der Waals surface area contributed by atoms with Crippen LogP contribution in [-0.2, 0) is 22.4 Å². The molecule has 194 valence electrons. The van der Waals surface area contributed by atoms with Crippen molar-refractivity contribution in [2.45, 2.75) is 51.4 Å². The molecule has 3 rings (SSSR count). The van der Waals surface area contributed by atoms with Crippen LogP contribution in [0, 0.1) is 11.8 Å². The summed E-state index contributed by atoms with van der Waals surface area (Å²) in [6, 6.07) is 16.6. The van der Waals surface area contributed by atoms with Crippen molar-refractivity contribution in [1.82, 2.24) is 10.3 Å². The fourth-order valence-corrected chi connectivity index (χ4v) is 6.33. The summed E-state index contributed by atoms with van der Waals surface area (Å²) >= 11 is 0. The van der Waals surface area contributed by atoms with E-state index in [9.17, 15) is 19.4 Å². The number of hydrogen-bond donors (Lipinski definition) is 6. The highest BCUT2D eigenvalue weighted by atomic mass is 31.2. The highest BCUT2D eigenvalue weighted by molar-refractivity contribution is 7.65. The second kappa shape index (κ2) is 12.5. The molecule has 9 heteroatoms. The van der Waals surface area contributed by atoms with Crippen molar-refractivity contribution >= 4 is 30.4 Å². The minimum Gasteiger partial charge on any atom is -0.368 e. The molecule has 0 aliphatic carbocycles. The van der Waals surface area contributed by atoms with Gasteiger partial charge in [-0.1, -0.05) is 62.4 Å². The number of para-hydroxylation sites is 1. The van der Waals surface area contributed by atoms with Gasteiger partial charge in [0.1, 0.15) is 12.2 Å². The van der Waals surface area contributed by atoms with E-state index in [0.29, 0.717) is 19.3 Å². The number of nitrogens with two attached hydrogens (primary N) is 1. The minimum absolute atomic E-state index is 0.0709. The number of aromatic amines is 1. The third-order valence-electron chi connectivity index (χ3n) is 6.57. The van der Waals surface area contributed by atoms with E-state index < -0.39 is 37.3 Å². The lowest BCUT2D eigenvalue weighted by Crippen LogP contribution is -2.62. The predicted molar refractivity (Wildman–Crippen MR) is 144 cm³/mol. The van der Waals surface area contributed by atoms with Crippen LogP contribution in [0.1, 0.15) is 37.8 Å². The molecule has 0 bridgehead atoms. The SMILES string of the molecule is CC(C)C[C@H](C[P+](O)(O)[C@@H]([NH3+])CCc1ccccc1)C(=O)N[C@@H](Cc1c[nH]c2ccccc12)C(N)=O. The summed E-state index contributed by atoms with van der Waals surface area (Å²) in [6.45, 7) is 3.95. The lowest BCUT2D eigenvalue weighted by atomic mass is 9.97. The van der Waals surface area contributed by atoms with E-state index in [1.807, 2.05) is 74.6 Å². The number of carbonyl (C=O) groups is 2. The fraction of sp³-hybridized carbons (Fsp3) is 0.407. The van der Waals surface area contributed by atoms with E-state index in [-0.39, 0.29) is 18.5 Å². The molecule has 36 heavy (non-hydrogen) atoms. The average Bonchev–Trinajstić information content (AvgIpc) is 3.24. The molecule has 9 N–H and O–H groups in total. The lowest BCUT2D eigenvalue weighted by molar-refractivity contribution is -0.394. The summed E-state index contributed by atoms with van der Waals surface area (Å²) in [6.07, 6.45) is 3.62. The zero-order valence-electron chi connectivity index (χ0n) is 21.1. The first-order valence-electron chi connectivity index (χ1n) is 12.4. The Balaban J connectivity index is 1.68. The molecule has 2 amide bonds. The van der Waals surface area contributed by atoms with Crippen LogP contribution < -0.4 is 16.8 Å². The quantitative estimate of drug-likeness (QED) is 0.194.